The predicted octanol–water partition coefficient (Wildman–Crippen LogP) is 9.77. The van der Waals surface area contributed by atoms with Crippen molar-refractivity contribution >= 4 is 17.7 Å². The van der Waals surface area contributed by atoms with E-state index in [2.05, 4.69) is 38.1 Å². The zero-order chi connectivity index (χ0) is 41.8. The number of aliphatic hydroxyl groups is 2. The summed E-state index contributed by atoms with van der Waals surface area (Å²) in [5.74, 6) is -0.890. The van der Waals surface area contributed by atoms with Crippen LogP contribution in [0.25, 0.3) is 11.1 Å². The molecular weight excluding hydrogens is 735 g/mol. The standard InChI is InChI=1S/C52H59NO6/c1-35-13-12-27-49(4)44(42-25-19-37(31-41(54)24-18-35)32-43(42)45(55)40-22-20-39(21-23-40)38-16-10-7-11-17-38)26-28-51(49,58)34-53(33-36-14-8-6-9-15-36)46(56)52-30-29-50(5,47(57)59-52)48(52,2)3/h6-11,13-17,19-23,25,32,41,44,54,58H,12,18,24,26-31,33-34H2,1-5H3/t41-,44-,49-,50-,51+,52+/m0/s1. The Morgan fingerprint density at radius 1 is 0.814 bits per heavy atom. The number of carbonyl (C=O) groups excluding carboxylic acids is 3. The summed E-state index contributed by atoms with van der Waals surface area (Å²) in [5, 5.41) is 24.5. The van der Waals surface area contributed by atoms with Crippen LogP contribution in [-0.2, 0) is 27.3 Å². The predicted molar refractivity (Wildman–Crippen MR) is 231 cm³/mol. The lowest BCUT2D eigenvalue weighted by Crippen LogP contribution is -2.60. The van der Waals surface area contributed by atoms with E-state index in [4.69, 9.17) is 4.74 Å². The molecular formula is C52H59NO6. The maximum absolute atomic E-state index is 15.2. The first kappa shape index (κ1) is 40.9. The van der Waals surface area contributed by atoms with Gasteiger partial charge in [-0.1, -0.05) is 129 Å². The lowest BCUT2D eigenvalue weighted by molar-refractivity contribution is -0.178. The third-order valence-electron chi connectivity index (χ3n) is 15.6. The zero-order valence-electron chi connectivity index (χ0n) is 35.3. The van der Waals surface area contributed by atoms with Crippen LogP contribution in [0.3, 0.4) is 0 Å². The number of ketones is 1. The van der Waals surface area contributed by atoms with Crippen molar-refractivity contribution < 1.29 is 29.3 Å². The molecule has 2 saturated carbocycles. The zero-order valence-corrected chi connectivity index (χ0v) is 35.3. The van der Waals surface area contributed by atoms with Gasteiger partial charge >= 0.3 is 5.97 Å². The second-order valence-electron chi connectivity index (χ2n) is 19.0. The minimum atomic E-state index is -1.35. The van der Waals surface area contributed by atoms with Crippen LogP contribution in [0, 0.1) is 16.2 Å². The Labute approximate surface area is 349 Å². The van der Waals surface area contributed by atoms with Crippen LogP contribution in [0.4, 0.5) is 0 Å². The van der Waals surface area contributed by atoms with Gasteiger partial charge in [-0.3, -0.25) is 14.4 Å². The average Bonchev–Trinajstić information content (AvgIpc) is 3.67. The largest absolute Gasteiger partial charge is 0.448 e. The Morgan fingerprint density at radius 2 is 1.49 bits per heavy atom. The van der Waals surface area contributed by atoms with Gasteiger partial charge in [-0.05, 0) is 111 Å². The maximum atomic E-state index is 15.2. The van der Waals surface area contributed by atoms with Gasteiger partial charge in [-0.15, -0.1) is 0 Å². The van der Waals surface area contributed by atoms with E-state index in [9.17, 15) is 19.8 Å². The van der Waals surface area contributed by atoms with E-state index in [1.807, 2.05) is 106 Å². The summed E-state index contributed by atoms with van der Waals surface area (Å²) >= 11 is 0. The van der Waals surface area contributed by atoms with Gasteiger partial charge in [-0.2, -0.15) is 0 Å². The van der Waals surface area contributed by atoms with Gasteiger partial charge in [0, 0.05) is 28.5 Å². The summed E-state index contributed by atoms with van der Waals surface area (Å²) in [7, 11) is 0. The first-order chi connectivity index (χ1) is 28.1. The number of rotatable bonds is 8. The van der Waals surface area contributed by atoms with E-state index in [1.54, 1.807) is 4.90 Å². The van der Waals surface area contributed by atoms with Crippen LogP contribution in [0.5, 0.6) is 0 Å². The van der Waals surface area contributed by atoms with Crippen molar-refractivity contribution in [3.05, 3.63) is 143 Å². The van der Waals surface area contributed by atoms with Crippen molar-refractivity contribution in [1.82, 2.24) is 4.90 Å². The first-order valence-electron chi connectivity index (χ1n) is 21.6. The molecule has 9 rings (SSSR count). The number of carbonyl (C=O) groups is 3. The molecule has 6 atom stereocenters. The molecule has 1 heterocycles. The van der Waals surface area contributed by atoms with Crippen molar-refractivity contribution in [2.75, 3.05) is 6.54 Å². The Morgan fingerprint density at radius 3 is 2.15 bits per heavy atom. The minimum Gasteiger partial charge on any atom is -0.448 e. The highest BCUT2D eigenvalue weighted by molar-refractivity contribution is 6.10. The fourth-order valence-electron chi connectivity index (χ4n) is 11.1. The van der Waals surface area contributed by atoms with Gasteiger partial charge in [0.2, 0.25) is 0 Å². The monoisotopic (exact) mass is 793 g/mol. The van der Waals surface area contributed by atoms with Gasteiger partial charge in [0.05, 0.1) is 23.7 Å². The van der Waals surface area contributed by atoms with E-state index in [-0.39, 0.29) is 36.7 Å². The van der Waals surface area contributed by atoms with Gasteiger partial charge in [0.25, 0.3) is 5.91 Å². The van der Waals surface area contributed by atoms with Crippen molar-refractivity contribution in [2.45, 2.75) is 122 Å². The van der Waals surface area contributed by atoms with Crippen molar-refractivity contribution in [3.8, 4) is 11.1 Å². The smallest absolute Gasteiger partial charge is 0.313 e. The summed E-state index contributed by atoms with van der Waals surface area (Å²) in [6.07, 6.45) is 6.83. The average molecular weight is 794 g/mol. The first-order valence-corrected chi connectivity index (χ1v) is 21.6. The number of benzene rings is 4. The number of aliphatic hydroxyl groups excluding tert-OH is 1. The molecule has 7 nitrogen and oxygen atoms in total. The summed E-state index contributed by atoms with van der Waals surface area (Å²) in [5.41, 5.74) is 2.21. The quantitative estimate of drug-likeness (QED) is 0.105. The van der Waals surface area contributed by atoms with Gasteiger partial charge in [0.15, 0.2) is 11.4 Å². The van der Waals surface area contributed by atoms with E-state index in [1.165, 1.54) is 5.57 Å². The molecule has 1 saturated heterocycles. The van der Waals surface area contributed by atoms with E-state index >= 15 is 4.79 Å². The highest BCUT2D eigenvalue weighted by Crippen LogP contribution is 2.66. The highest BCUT2D eigenvalue weighted by Gasteiger charge is 2.76. The number of esters is 1. The lowest BCUT2D eigenvalue weighted by atomic mass is 9.64. The Hall–Kier alpha value is -4.85. The SMILES string of the molecule is CC1=CCC[C@@]2(C)[C@@H](CC[C@@]2(O)CN(Cc2ccccc2)C(=O)[C@@]23CC[C@@](C)(C(=O)O2)C3(C)C)c2ccc(cc2C(=O)c2ccc(-c3ccccc3)cc2)C[C@@H](O)CC1. The van der Waals surface area contributed by atoms with Crippen LogP contribution < -0.4 is 0 Å². The van der Waals surface area contributed by atoms with Gasteiger partial charge in [-0.25, -0.2) is 0 Å². The number of allylic oxidation sites excluding steroid dienone is 2. The lowest BCUT2D eigenvalue weighted by Gasteiger charge is -2.47. The maximum Gasteiger partial charge on any atom is 0.313 e. The molecule has 4 aliphatic carbocycles. The number of nitrogens with zero attached hydrogens (tertiary/aromatic N) is 1. The van der Waals surface area contributed by atoms with Crippen molar-refractivity contribution in [1.29, 1.82) is 0 Å². The van der Waals surface area contributed by atoms with Crippen LogP contribution in [0.1, 0.15) is 125 Å². The molecule has 7 heteroatoms. The Balaban J connectivity index is 1.20. The van der Waals surface area contributed by atoms with E-state index < -0.39 is 33.6 Å². The minimum absolute atomic E-state index is 0.0526. The van der Waals surface area contributed by atoms with Gasteiger partial charge in [0.1, 0.15) is 0 Å². The summed E-state index contributed by atoms with van der Waals surface area (Å²) in [6, 6.07) is 33.8. The van der Waals surface area contributed by atoms with E-state index in [0.29, 0.717) is 62.5 Å². The van der Waals surface area contributed by atoms with Crippen molar-refractivity contribution in [3.63, 3.8) is 0 Å². The number of hydrogen-bond acceptors (Lipinski definition) is 6. The Bertz CT molecular complexity index is 2270. The fourth-order valence-corrected chi connectivity index (χ4v) is 11.1. The molecule has 1 aliphatic heterocycles. The molecule has 4 aromatic rings. The molecule has 308 valence electrons. The molecule has 1 amide bonds. The van der Waals surface area contributed by atoms with Crippen LogP contribution >= 0.6 is 0 Å². The molecule has 4 aromatic carbocycles. The highest BCUT2D eigenvalue weighted by atomic mass is 16.6. The third kappa shape index (κ3) is 6.88. The fraction of sp³-hybridized carbons (Fsp3) is 0.442. The van der Waals surface area contributed by atoms with Crippen LogP contribution in [0.2, 0.25) is 0 Å². The second kappa shape index (κ2) is 15.3. The molecule has 0 aromatic heterocycles. The molecule has 0 spiro atoms. The van der Waals surface area contributed by atoms with Crippen LogP contribution in [0.15, 0.2) is 115 Å². The number of ether oxygens (including phenoxy) is 1. The second-order valence-corrected chi connectivity index (χ2v) is 19.0. The molecule has 3 fully saturated rings. The van der Waals surface area contributed by atoms with Crippen molar-refractivity contribution in [2.24, 2.45) is 16.2 Å². The molecule has 0 radical (unpaired) electrons. The number of hydrogen-bond donors (Lipinski definition) is 2. The topological polar surface area (TPSA) is 104 Å². The Kier molecular flexibility index (Phi) is 10.6. The van der Waals surface area contributed by atoms with Gasteiger partial charge < -0.3 is 19.8 Å². The third-order valence-corrected chi connectivity index (χ3v) is 15.6. The summed E-state index contributed by atoms with van der Waals surface area (Å²) in [4.78, 5) is 45.2. The normalized spacial score (nSPS) is 29.9. The molecule has 5 aliphatic rings. The number of fused-ring (bicyclic) bond motifs is 10. The molecule has 2 N–H and O–H groups in total. The number of amides is 1. The van der Waals surface area contributed by atoms with Crippen LogP contribution in [-0.4, -0.2) is 56.6 Å². The summed E-state index contributed by atoms with van der Waals surface area (Å²) in [6.45, 7) is 10.4. The molecule has 4 bridgehead atoms. The molecule has 59 heavy (non-hydrogen) atoms. The summed E-state index contributed by atoms with van der Waals surface area (Å²) < 4.78 is 6.17. The molecule has 0 unspecified atom stereocenters. The van der Waals surface area contributed by atoms with E-state index in [0.717, 1.165) is 34.2 Å².